The van der Waals surface area contributed by atoms with Crippen molar-refractivity contribution in [2.75, 3.05) is 6.61 Å². The standard InChI is InChI=1S/C24H27N5O4/c1-2-3-4-5-6-7-15-31-18-13-11-17(12-14-18)21(30)19-9-8-10-20-22(19)33-24(25,16-32-20)23-26-28-29-27-23/h7-15H,2-6,16,25H2,1H3,(H,26,27,28,29)/b15-7-. The summed E-state index contributed by atoms with van der Waals surface area (Å²) in [5, 5.41) is 13.7. The van der Waals surface area contributed by atoms with Gasteiger partial charge in [-0.3, -0.25) is 10.5 Å². The quantitative estimate of drug-likeness (QED) is 0.271. The highest BCUT2D eigenvalue weighted by atomic mass is 16.6. The summed E-state index contributed by atoms with van der Waals surface area (Å²) in [6, 6.07) is 12.1. The van der Waals surface area contributed by atoms with E-state index in [2.05, 4.69) is 27.5 Å². The summed E-state index contributed by atoms with van der Waals surface area (Å²) in [6.45, 7) is 2.18. The van der Waals surface area contributed by atoms with Gasteiger partial charge in [0.2, 0.25) is 5.82 Å². The molecule has 172 valence electrons. The van der Waals surface area contributed by atoms with Gasteiger partial charge in [0.1, 0.15) is 12.4 Å². The zero-order chi connectivity index (χ0) is 23.1. The summed E-state index contributed by atoms with van der Waals surface area (Å²) >= 11 is 0. The fraction of sp³-hybridized carbons (Fsp3) is 0.333. The molecule has 1 aliphatic rings. The number of rotatable bonds is 10. The number of nitrogens with zero attached hydrogens (tertiary/aromatic N) is 3. The van der Waals surface area contributed by atoms with Crippen LogP contribution in [0.2, 0.25) is 0 Å². The number of aromatic nitrogens is 4. The average Bonchev–Trinajstić information content (AvgIpc) is 3.39. The van der Waals surface area contributed by atoms with E-state index in [-0.39, 0.29) is 24.0 Å². The average molecular weight is 450 g/mol. The molecular formula is C24H27N5O4. The van der Waals surface area contributed by atoms with Gasteiger partial charge in [-0.1, -0.05) is 32.3 Å². The fourth-order valence-electron chi connectivity index (χ4n) is 3.49. The molecule has 9 heteroatoms. The highest BCUT2D eigenvalue weighted by Gasteiger charge is 2.41. The second-order valence-electron chi connectivity index (χ2n) is 7.84. The lowest BCUT2D eigenvalue weighted by Crippen LogP contribution is -2.51. The van der Waals surface area contributed by atoms with Crippen LogP contribution < -0.4 is 19.9 Å². The van der Waals surface area contributed by atoms with Crippen molar-refractivity contribution in [3.05, 3.63) is 71.8 Å². The number of fused-ring (bicyclic) bond motifs is 1. The zero-order valence-electron chi connectivity index (χ0n) is 18.5. The van der Waals surface area contributed by atoms with Gasteiger partial charge in [0.25, 0.3) is 5.72 Å². The van der Waals surface area contributed by atoms with Gasteiger partial charge in [0, 0.05) is 5.56 Å². The van der Waals surface area contributed by atoms with Crippen molar-refractivity contribution in [2.24, 2.45) is 5.73 Å². The number of carbonyl (C=O) groups excluding carboxylic acids is 1. The van der Waals surface area contributed by atoms with Gasteiger partial charge >= 0.3 is 0 Å². The lowest BCUT2D eigenvalue weighted by molar-refractivity contribution is -0.0154. The second-order valence-corrected chi connectivity index (χ2v) is 7.84. The highest BCUT2D eigenvalue weighted by molar-refractivity contribution is 6.11. The van der Waals surface area contributed by atoms with E-state index in [1.165, 1.54) is 19.3 Å². The Balaban J connectivity index is 1.44. The van der Waals surface area contributed by atoms with Crippen LogP contribution >= 0.6 is 0 Å². The van der Waals surface area contributed by atoms with Crippen LogP contribution in [0.1, 0.15) is 60.8 Å². The summed E-state index contributed by atoms with van der Waals surface area (Å²) in [5.74, 6) is 1.23. The lowest BCUT2D eigenvalue weighted by atomic mass is 10.0. The smallest absolute Gasteiger partial charge is 0.257 e. The van der Waals surface area contributed by atoms with Gasteiger partial charge in [0.15, 0.2) is 17.3 Å². The fourth-order valence-corrected chi connectivity index (χ4v) is 3.49. The zero-order valence-corrected chi connectivity index (χ0v) is 18.5. The molecule has 3 aromatic rings. The SMILES string of the molecule is CCCCCC/C=C\Oc1ccc(C(=O)c2cccc3c2OC(N)(c2nn[nH]n2)CO3)cc1. The van der Waals surface area contributed by atoms with Crippen molar-refractivity contribution < 1.29 is 19.0 Å². The molecule has 2 heterocycles. The Morgan fingerprint density at radius 3 is 2.82 bits per heavy atom. The van der Waals surface area contributed by atoms with Crippen LogP contribution in [0.15, 0.2) is 54.8 Å². The maximum atomic E-state index is 13.2. The van der Waals surface area contributed by atoms with Crippen molar-refractivity contribution in [1.82, 2.24) is 20.6 Å². The second kappa shape index (κ2) is 10.3. The third-order valence-corrected chi connectivity index (χ3v) is 5.31. The van der Waals surface area contributed by atoms with Crippen LogP contribution in [-0.2, 0) is 5.72 Å². The summed E-state index contributed by atoms with van der Waals surface area (Å²) < 4.78 is 17.4. The van der Waals surface area contributed by atoms with Crippen molar-refractivity contribution in [3.8, 4) is 17.2 Å². The first-order chi connectivity index (χ1) is 16.1. The van der Waals surface area contributed by atoms with Crippen LogP contribution in [0.5, 0.6) is 17.2 Å². The maximum absolute atomic E-state index is 13.2. The number of carbonyl (C=O) groups is 1. The molecule has 33 heavy (non-hydrogen) atoms. The molecule has 1 atom stereocenters. The van der Waals surface area contributed by atoms with E-state index in [0.717, 1.165) is 12.8 Å². The topological polar surface area (TPSA) is 125 Å². The van der Waals surface area contributed by atoms with E-state index >= 15 is 0 Å². The predicted octanol–water partition coefficient (Wildman–Crippen LogP) is 3.88. The van der Waals surface area contributed by atoms with Crippen molar-refractivity contribution >= 4 is 5.78 Å². The minimum Gasteiger partial charge on any atom is -0.483 e. The Hall–Kier alpha value is -3.72. The Bertz CT molecular complexity index is 1100. The first-order valence-electron chi connectivity index (χ1n) is 11.0. The number of ketones is 1. The number of tetrazole rings is 1. The molecule has 0 amide bonds. The number of nitrogens with two attached hydrogens (primary N) is 1. The van der Waals surface area contributed by atoms with E-state index < -0.39 is 5.72 Å². The van der Waals surface area contributed by atoms with Crippen molar-refractivity contribution in [1.29, 1.82) is 0 Å². The Labute approximate surface area is 191 Å². The number of H-pyrrole nitrogens is 1. The lowest BCUT2D eigenvalue weighted by Gasteiger charge is -2.33. The van der Waals surface area contributed by atoms with Crippen molar-refractivity contribution in [3.63, 3.8) is 0 Å². The monoisotopic (exact) mass is 449 g/mol. The van der Waals surface area contributed by atoms with E-state index in [0.29, 0.717) is 22.6 Å². The number of ether oxygens (including phenoxy) is 3. The Kier molecular flexibility index (Phi) is 6.99. The van der Waals surface area contributed by atoms with Crippen molar-refractivity contribution in [2.45, 2.75) is 44.8 Å². The van der Waals surface area contributed by atoms with Crippen LogP contribution in [0.4, 0.5) is 0 Å². The Morgan fingerprint density at radius 1 is 1.21 bits per heavy atom. The van der Waals surface area contributed by atoms with Gasteiger partial charge in [-0.15, -0.1) is 10.2 Å². The number of nitrogens with one attached hydrogen (secondary N) is 1. The van der Waals surface area contributed by atoms with E-state index in [4.69, 9.17) is 19.9 Å². The molecule has 1 aliphatic heterocycles. The molecular weight excluding hydrogens is 422 g/mol. The number of benzene rings is 2. The van der Waals surface area contributed by atoms with Crippen LogP contribution in [0.3, 0.4) is 0 Å². The number of para-hydroxylation sites is 1. The summed E-state index contributed by atoms with van der Waals surface area (Å²) in [6.07, 6.45) is 9.58. The van der Waals surface area contributed by atoms with Crippen LogP contribution in [0, 0.1) is 0 Å². The van der Waals surface area contributed by atoms with Gasteiger partial charge in [-0.2, -0.15) is 5.21 Å². The minimum atomic E-state index is -1.46. The largest absolute Gasteiger partial charge is 0.483 e. The summed E-state index contributed by atoms with van der Waals surface area (Å²) in [4.78, 5) is 13.2. The highest BCUT2D eigenvalue weighted by Crippen LogP contribution is 2.40. The van der Waals surface area contributed by atoms with E-state index in [1.807, 2.05) is 6.08 Å². The van der Waals surface area contributed by atoms with Gasteiger partial charge in [0.05, 0.1) is 11.8 Å². The van der Waals surface area contributed by atoms with Gasteiger partial charge < -0.3 is 14.2 Å². The first kappa shape index (κ1) is 22.5. The predicted molar refractivity (Wildman–Crippen MR) is 121 cm³/mol. The molecule has 0 fully saturated rings. The molecule has 1 unspecified atom stereocenters. The molecule has 0 bridgehead atoms. The van der Waals surface area contributed by atoms with Gasteiger partial charge in [-0.25, -0.2) is 0 Å². The van der Waals surface area contributed by atoms with Crippen LogP contribution in [0.25, 0.3) is 0 Å². The van der Waals surface area contributed by atoms with Gasteiger partial charge in [-0.05, 0) is 60.5 Å². The summed E-state index contributed by atoms with van der Waals surface area (Å²) in [7, 11) is 0. The molecule has 3 N–H and O–H groups in total. The molecule has 0 radical (unpaired) electrons. The molecule has 0 aliphatic carbocycles. The number of unbranched alkanes of at least 4 members (excludes halogenated alkanes) is 4. The molecule has 2 aromatic carbocycles. The minimum absolute atomic E-state index is 0.0185. The normalized spacial score (nSPS) is 17.3. The Morgan fingerprint density at radius 2 is 2.06 bits per heavy atom. The molecule has 4 rings (SSSR count). The third kappa shape index (κ3) is 5.20. The maximum Gasteiger partial charge on any atom is 0.257 e. The summed E-state index contributed by atoms with van der Waals surface area (Å²) in [5.41, 5.74) is 5.64. The number of hydrogen-bond donors (Lipinski definition) is 2. The molecule has 0 spiro atoms. The van der Waals surface area contributed by atoms with E-state index in [9.17, 15) is 4.79 Å². The van der Waals surface area contributed by atoms with E-state index in [1.54, 1.807) is 48.7 Å². The molecule has 0 saturated heterocycles. The third-order valence-electron chi connectivity index (χ3n) is 5.31. The number of allylic oxidation sites excluding steroid dienone is 1. The molecule has 9 nitrogen and oxygen atoms in total. The van der Waals surface area contributed by atoms with Crippen LogP contribution in [-0.4, -0.2) is 33.0 Å². The molecule has 0 saturated carbocycles. The first-order valence-corrected chi connectivity index (χ1v) is 11.0. The number of aromatic amines is 1. The number of hydrogen-bond acceptors (Lipinski definition) is 8. The molecule has 1 aromatic heterocycles.